The van der Waals surface area contributed by atoms with Gasteiger partial charge in [0.05, 0.1) is 12.7 Å². The Morgan fingerprint density at radius 1 is 0.972 bits per heavy atom. The van der Waals surface area contributed by atoms with Gasteiger partial charge in [0.25, 0.3) is 0 Å². The van der Waals surface area contributed by atoms with Crippen LogP contribution in [0.25, 0.3) is 27.8 Å². The zero-order chi connectivity index (χ0) is 26.0. The van der Waals surface area contributed by atoms with Gasteiger partial charge in [-0.15, -0.1) is 0 Å². The maximum Gasteiger partial charge on any atom is 0.339 e. The van der Waals surface area contributed by atoms with E-state index >= 15 is 0 Å². The molecular weight excluding hydrogens is 450 g/mol. The number of hydrogen-bond donors (Lipinski definition) is 0. The van der Waals surface area contributed by atoms with E-state index in [0.29, 0.717) is 17.7 Å². The van der Waals surface area contributed by atoms with Gasteiger partial charge < -0.3 is 14.0 Å². The average Bonchev–Trinajstić information content (AvgIpc) is 3.09. The molecule has 0 aliphatic heterocycles. The Balaban J connectivity index is 1.65. The fourth-order valence-electron chi connectivity index (χ4n) is 4.43. The van der Waals surface area contributed by atoms with E-state index < -0.39 is 5.60 Å². The summed E-state index contributed by atoms with van der Waals surface area (Å²) in [6, 6.07) is 21.7. The Labute approximate surface area is 212 Å². The number of rotatable bonds is 6. The van der Waals surface area contributed by atoms with Crippen LogP contribution in [0.4, 0.5) is 0 Å². The van der Waals surface area contributed by atoms with Crippen LogP contribution in [0.3, 0.4) is 0 Å². The maximum atomic E-state index is 12.8. The van der Waals surface area contributed by atoms with Gasteiger partial charge in [-0.2, -0.15) is 0 Å². The second kappa shape index (κ2) is 9.88. The largest absolute Gasteiger partial charge is 0.486 e. The number of aromatic nitrogens is 1. The van der Waals surface area contributed by atoms with Crippen LogP contribution in [0.15, 0.2) is 66.7 Å². The molecule has 0 unspecified atom stereocenters. The van der Waals surface area contributed by atoms with E-state index in [1.807, 2.05) is 75.2 Å². The predicted octanol–water partition coefficient (Wildman–Crippen LogP) is 6.75. The first kappa shape index (κ1) is 25.0. The van der Waals surface area contributed by atoms with Gasteiger partial charge in [0.2, 0.25) is 5.76 Å². The van der Waals surface area contributed by atoms with Crippen LogP contribution in [0, 0.1) is 13.8 Å². The molecule has 0 radical (unpaired) electrons. The van der Waals surface area contributed by atoms with Gasteiger partial charge in [0, 0.05) is 28.7 Å². The SMILES string of the molecule is COC(=C=O)c1ccc2c(c1)c(C)c(C)n2Cc1ccc(-c2ccccc2C(=O)OC(C)(C)C)cc1. The van der Waals surface area contributed by atoms with Gasteiger partial charge in [-0.05, 0) is 81.1 Å². The van der Waals surface area contributed by atoms with Crippen molar-refractivity contribution in [3.63, 3.8) is 0 Å². The van der Waals surface area contributed by atoms with Crippen LogP contribution in [0.2, 0.25) is 0 Å². The molecule has 1 aromatic heterocycles. The number of methoxy groups -OCH3 is 1. The molecule has 4 rings (SSSR count). The Morgan fingerprint density at radius 2 is 1.67 bits per heavy atom. The lowest BCUT2D eigenvalue weighted by Crippen LogP contribution is -2.24. The molecule has 0 saturated carbocycles. The maximum absolute atomic E-state index is 12.8. The van der Waals surface area contributed by atoms with Crippen molar-refractivity contribution < 1.29 is 19.1 Å². The van der Waals surface area contributed by atoms with E-state index in [9.17, 15) is 9.59 Å². The van der Waals surface area contributed by atoms with Gasteiger partial charge in [-0.1, -0.05) is 42.5 Å². The molecule has 0 aliphatic rings. The van der Waals surface area contributed by atoms with E-state index in [1.54, 1.807) is 6.07 Å². The van der Waals surface area contributed by atoms with E-state index in [-0.39, 0.29) is 11.7 Å². The lowest BCUT2D eigenvalue weighted by Gasteiger charge is -2.20. The third kappa shape index (κ3) is 4.98. The van der Waals surface area contributed by atoms with Gasteiger partial charge in [-0.25, -0.2) is 9.59 Å². The number of carbonyl (C=O) groups excluding carboxylic acids is 2. The number of hydrogen-bond acceptors (Lipinski definition) is 4. The normalized spacial score (nSPS) is 11.3. The molecule has 0 atom stereocenters. The molecule has 0 bridgehead atoms. The number of ether oxygens (including phenoxy) is 2. The number of nitrogens with zero attached hydrogens (tertiary/aromatic N) is 1. The number of benzene rings is 3. The first-order valence-electron chi connectivity index (χ1n) is 11.9. The highest BCUT2D eigenvalue weighted by Gasteiger charge is 2.21. The minimum absolute atomic E-state index is 0.198. The summed E-state index contributed by atoms with van der Waals surface area (Å²) < 4.78 is 13.0. The highest BCUT2D eigenvalue weighted by molar-refractivity contribution is 5.97. The zero-order valence-electron chi connectivity index (χ0n) is 21.6. The molecule has 0 saturated heterocycles. The van der Waals surface area contributed by atoms with Gasteiger partial charge in [0.15, 0.2) is 5.94 Å². The molecule has 36 heavy (non-hydrogen) atoms. The fourth-order valence-corrected chi connectivity index (χ4v) is 4.43. The minimum atomic E-state index is -0.557. The van der Waals surface area contributed by atoms with Crippen LogP contribution < -0.4 is 0 Å². The molecule has 0 fully saturated rings. The monoisotopic (exact) mass is 481 g/mol. The minimum Gasteiger partial charge on any atom is -0.486 e. The highest BCUT2D eigenvalue weighted by atomic mass is 16.6. The van der Waals surface area contributed by atoms with Crippen molar-refractivity contribution in [2.45, 2.75) is 46.8 Å². The molecule has 1 heterocycles. The van der Waals surface area contributed by atoms with E-state index in [0.717, 1.165) is 38.9 Å². The van der Waals surface area contributed by atoms with Crippen molar-refractivity contribution in [2.75, 3.05) is 7.11 Å². The molecule has 0 N–H and O–H groups in total. The Bertz CT molecular complexity index is 1480. The van der Waals surface area contributed by atoms with E-state index in [4.69, 9.17) is 9.47 Å². The van der Waals surface area contributed by atoms with Gasteiger partial charge in [-0.3, -0.25) is 0 Å². The number of fused-ring (bicyclic) bond motifs is 1. The first-order chi connectivity index (χ1) is 17.1. The van der Waals surface area contributed by atoms with Crippen LogP contribution in [0.1, 0.15) is 53.5 Å². The second-order valence-electron chi connectivity index (χ2n) is 9.91. The second-order valence-corrected chi connectivity index (χ2v) is 9.91. The summed E-state index contributed by atoms with van der Waals surface area (Å²) in [6.45, 7) is 10.5. The average molecular weight is 482 g/mol. The number of aryl methyl sites for hydroxylation is 1. The molecule has 3 aromatic carbocycles. The lowest BCUT2D eigenvalue weighted by molar-refractivity contribution is 0.00704. The van der Waals surface area contributed by atoms with Gasteiger partial charge >= 0.3 is 5.97 Å². The first-order valence-corrected chi connectivity index (χ1v) is 11.9. The Kier molecular flexibility index (Phi) is 6.87. The number of carbonyl (C=O) groups is 1. The molecule has 5 nitrogen and oxygen atoms in total. The smallest absolute Gasteiger partial charge is 0.339 e. The van der Waals surface area contributed by atoms with Crippen LogP contribution in [0.5, 0.6) is 0 Å². The van der Waals surface area contributed by atoms with E-state index in [2.05, 4.69) is 30.5 Å². The molecule has 4 aromatic rings. The molecule has 0 aliphatic carbocycles. The Morgan fingerprint density at radius 3 is 2.31 bits per heavy atom. The summed E-state index contributed by atoms with van der Waals surface area (Å²) in [5.41, 5.74) is 7.08. The summed E-state index contributed by atoms with van der Waals surface area (Å²) in [5, 5.41) is 1.08. The summed E-state index contributed by atoms with van der Waals surface area (Å²) in [4.78, 5) is 24.0. The van der Waals surface area contributed by atoms with Crippen molar-refractivity contribution in [3.05, 3.63) is 94.7 Å². The zero-order valence-corrected chi connectivity index (χ0v) is 21.6. The van der Waals surface area contributed by atoms with Crippen molar-refractivity contribution >= 4 is 28.6 Å². The van der Waals surface area contributed by atoms with E-state index in [1.165, 1.54) is 7.11 Å². The third-order valence-corrected chi connectivity index (χ3v) is 6.35. The van der Waals surface area contributed by atoms with Crippen molar-refractivity contribution in [2.24, 2.45) is 0 Å². The highest BCUT2D eigenvalue weighted by Crippen LogP contribution is 2.30. The van der Waals surface area contributed by atoms with Crippen LogP contribution in [-0.2, 0) is 20.8 Å². The molecule has 0 spiro atoms. The number of esters is 1. The van der Waals surface area contributed by atoms with Gasteiger partial charge in [0.1, 0.15) is 5.60 Å². The van der Waals surface area contributed by atoms with Crippen molar-refractivity contribution in [3.8, 4) is 11.1 Å². The van der Waals surface area contributed by atoms with Crippen LogP contribution in [-0.4, -0.2) is 29.2 Å². The van der Waals surface area contributed by atoms with Crippen LogP contribution >= 0.6 is 0 Å². The topological polar surface area (TPSA) is 57.5 Å². The molecule has 5 heteroatoms. The predicted molar refractivity (Wildman–Crippen MR) is 144 cm³/mol. The summed E-state index contributed by atoms with van der Waals surface area (Å²) in [6.07, 6.45) is 0. The molecule has 184 valence electrons. The standard InChI is InChI=1S/C31H31NO4/c1-20-21(2)32(28-16-15-24(17-27(20)28)29(19-33)35-6)18-22-11-13-23(14-12-22)25-9-7-8-10-26(25)30(34)36-31(3,4)5/h7-17H,18H2,1-6H3. The summed E-state index contributed by atoms with van der Waals surface area (Å²) in [5.74, 6) is 1.73. The third-order valence-electron chi connectivity index (χ3n) is 6.35. The fraction of sp³-hybridized carbons (Fsp3) is 0.258. The quantitative estimate of drug-likeness (QED) is 0.174. The molecule has 0 amide bonds. The molecular formula is C31H31NO4. The van der Waals surface area contributed by atoms with Crippen molar-refractivity contribution in [1.82, 2.24) is 4.57 Å². The lowest BCUT2D eigenvalue weighted by atomic mass is 9.98. The summed E-state index contributed by atoms with van der Waals surface area (Å²) >= 11 is 0. The summed E-state index contributed by atoms with van der Waals surface area (Å²) in [7, 11) is 1.48. The van der Waals surface area contributed by atoms with Crippen molar-refractivity contribution in [1.29, 1.82) is 0 Å². The Hall–Kier alpha value is -4.08.